The number of carbonyl (C=O) groups excluding carboxylic acids is 1. The van der Waals surface area contributed by atoms with E-state index in [-0.39, 0.29) is 18.4 Å². The van der Waals surface area contributed by atoms with Crippen LogP contribution in [0.15, 0.2) is 23.6 Å². The quantitative estimate of drug-likeness (QED) is 0.535. The van der Waals surface area contributed by atoms with Crippen molar-refractivity contribution >= 4 is 51.5 Å². The molecule has 1 saturated heterocycles. The number of carboxylic acid groups (broad SMARTS) is 1. The lowest BCUT2D eigenvalue weighted by Crippen LogP contribution is -2.40. The summed E-state index contributed by atoms with van der Waals surface area (Å²) < 4.78 is 5.41. The summed E-state index contributed by atoms with van der Waals surface area (Å²) >= 11 is 13.8. The first-order valence-corrected chi connectivity index (χ1v) is 12.1. The van der Waals surface area contributed by atoms with Gasteiger partial charge in [0.2, 0.25) is 5.91 Å². The van der Waals surface area contributed by atoms with Crippen molar-refractivity contribution < 1.29 is 19.4 Å². The molecule has 1 aromatic carbocycles. The average Bonchev–Trinajstić information content (AvgIpc) is 3.46. The summed E-state index contributed by atoms with van der Waals surface area (Å²) in [5, 5.41) is 13.0. The minimum Gasteiger partial charge on any atom is -0.481 e. The van der Waals surface area contributed by atoms with Crippen LogP contribution in [0, 0.1) is 11.8 Å². The van der Waals surface area contributed by atoms with Gasteiger partial charge in [0, 0.05) is 41.1 Å². The van der Waals surface area contributed by atoms with Crippen molar-refractivity contribution in [1.29, 1.82) is 0 Å². The van der Waals surface area contributed by atoms with E-state index < -0.39 is 11.9 Å². The molecule has 0 bridgehead atoms. The highest BCUT2D eigenvalue weighted by Crippen LogP contribution is 2.39. The molecule has 4 rings (SSSR count). The summed E-state index contributed by atoms with van der Waals surface area (Å²) in [4.78, 5) is 31.5. The van der Waals surface area contributed by atoms with E-state index in [0.717, 1.165) is 25.7 Å². The summed E-state index contributed by atoms with van der Waals surface area (Å²) in [7, 11) is 0. The van der Waals surface area contributed by atoms with E-state index in [9.17, 15) is 14.7 Å². The Kier molecular flexibility index (Phi) is 7.16. The summed E-state index contributed by atoms with van der Waals surface area (Å²) in [6, 6.07) is 5.27. The number of benzene rings is 1. The third kappa shape index (κ3) is 5.58. The molecule has 1 amide bonds. The van der Waals surface area contributed by atoms with E-state index in [0.29, 0.717) is 52.0 Å². The first-order chi connectivity index (χ1) is 14.9. The van der Waals surface area contributed by atoms with Gasteiger partial charge < -0.3 is 9.84 Å². The third-order valence-corrected chi connectivity index (χ3v) is 7.19. The molecule has 1 saturated carbocycles. The number of anilines is 1. The number of rotatable bonds is 8. The summed E-state index contributed by atoms with van der Waals surface area (Å²) in [5.41, 5.74) is 1.37. The van der Waals surface area contributed by atoms with Gasteiger partial charge in [0.05, 0.1) is 17.1 Å². The zero-order chi connectivity index (χ0) is 22.0. The number of carbonyl (C=O) groups is 2. The molecule has 31 heavy (non-hydrogen) atoms. The van der Waals surface area contributed by atoms with Crippen molar-refractivity contribution in [2.75, 3.05) is 18.1 Å². The second-order valence-electron chi connectivity index (χ2n) is 8.17. The molecule has 0 spiro atoms. The Hall–Kier alpha value is -1.67. The fraction of sp³-hybridized carbons (Fsp3) is 0.500. The van der Waals surface area contributed by atoms with Crippen molar-refractivity contribution in [3.05, 3.63) is 33.6 Å². The van der Waals surface area contributed by atoms with Crippen LogP contribution in [0.2, 0.25) is 10.0 Å². The van der Waals surface area contributed by atoms with Crippen LogP contribution in [0.5, 0.6) is 0 Å². The number of nitrogens with zero attached hydrogens (tertiary/aromatic N) is 2. The van der Waals surface area contributed by atoms with Crippen LogP contribution in [0.3, 0.4) is 0 Å². The van der Waals surface area contributed by atoms with Crippen LogP contribution in [0.1, 0.15) is 38.5 Å². The molecule has 6 nitrogen and oxygen atoms in total. The van der Waals surface area contributed by atoms with Crippen molar-refractivity contribution in [2.24, 2.45) is 11.8 Å². The van der Waals surface area contributed by atoms with E-state index in [1.165, 1.54) is 11.3 Å². The van der Waals surface area contributed by atoms with Crippen LogP contribution in [0.4, 0.5) is 5.13 Å². The maximum absolute atomic E-state index is 13.6. The number of aromatic nitrogens is 1. The van der Waals surface area contributed by atoms with E-state index in [1.54, 1.807) is 23.1 Å². The molecule has 1 N–H and O–H groups in total. The topological polar surface area (TPSA) is 79.7 Å². The van der Waals surface area contributed by atoms with Gasteiger partial charge in [-0.1, -0.05) is 23.2 Å². The predicted octanol–water partition coefficient (Wildman–Crippen LogP) is 5.52. The van der Waals surface area contributed by atoms with Gasteiger partial charge in [-0.15, -0.1) is 11.3 Å². The van der Waals surface area contributed by atoms with E-state index in [1.807, 2.05) is 5.38 Å². The molecule has 1 unspecified atom stereocenters. The molecular weight excluding hydrogens is 459 g/mol. The number of hydrogen-bond donors (Lipinski definition) is 1. The molecule has 166 valence electrons. The highest BCUT2D eigenvalue weighted by molar-refractivity contribution is 7.14. The lowest BCUT2D eigenvalue weighted by molar-refractivity contribution is -0.141. The van der Waals surface area contributed by atoms with Crippen LogP contribution in [0.25, 0.3) is 11.3 Å². The fourth-order valence-corrected chi connectivity index (χ4v) is 5.31. The Morgan fingerprint density at radius 1 is 1.23 bits per heavy atom. The standard InChI is InChI=1S/C22H24Cl2N2O4S/c23-15-1-4-18(24)17(11-15)19-12-31-22(25-19)26(16-2-3-16)21(29)14(10-20(27)28)9-13-5-7-30-8-6-13/h1,4,11-14,16H,2-3,5-10H2,(H,27,28). The SMILES string of the molecule is O=C(O)CC(CC1CCOCC1)C(=O)N(c1nc(-c2cc(Cl)ccc2Cl)cs1)C1CC1. The molecule has 0 radical (unpaired) electrons. The first-order valence-electron chi connectivity index (χ1n) is 10.5. The van der Waals surface area contributed by atoms with Gasteiger partial charge in [-0.05, 0) is 56.2 Å². The van der Waals surface area contributed by atoms with Crippen molar-refractivity contribution in [3.63, 3.8) is 0 Å². The molecule has 2 aromatic rings. The predicted molar refractivity (Wildman–Crippen MR) is 122 cm³/mol. The largest absolute Gasteiger partial charge is 0.481 e. The van der Waals surface area contributed by atoms with Gasteiger partial charge in [-0.25, -0.2) is 4.98 Å². The van der Waals surface area contributed by atoms with Crippen molar-refractivity contribution in [3.8, 4) is 11.3 Å². The lowest BCUT2D eigenvalue weighted by atomic mass is 9.86. The van der Waals surface area contributed by atoms with E-state index in [2.05, 4.69) is 4.98 Å². The monoisotopic (exact) mass is 482 g/mol. The van der Waals surface area contributed by atoms with Gasteiger partial charge in [-0.3, -0.25) is 14.5 Å². The summed E-state index contributed by atoms with van der Waals surface area (Å²) in [6.45, 7) is 1.34. The van der Waals surface area contributed by atoms with Crippen molar-refractivity contribution in [1.82, 2.24) is 4.98 Å². The Labute approximate surface area is 195 Å². The zero-order valence-electron chi connectivity index (χ0n) is 16.9. The van der Waals surface area contributed by atoms with Crippen LogP contribution in [-0.2, 0) is 14.3 Å². The molecular formula is C22H24Cl2N2O4S. The van der Waals surface area contributed by atoms with Crippen LogP contribution in [-0.4, -0.2) is 41.2 Å². The number of amides is 1. The maximum atomic E-state index is 13.6. The second-order valence-corrected chi connectivity index (χ2v) is 9.85. The zero-order valence-corrected chi connectivity index (χ0v) is 19.3. The highest BCUT2D eigenvalue weighted by atomic mass is 35.5. The summed E-state index contributed by atoms with van der Waals surface area (Å²) in [6.07, 6.45) is 3.92. The number of carboxylic acids is 1. The number of thiazole rings is 1. The lowest BCUT2D eigenvalue weighted by Gasteiger charge is -2.29. The van der Waals surface area contributed by atoms with Gasteiger partial charge in [-0.2, -0.15) is 0 Å². The molecule has 2 heterocycles. The van der Waals surface area contributed by atoms with Gasteiger partial charge in [0.1, 0.15) is 0 Å². The molecule has 1 aliphatic carbocycles. The van der Waals surface area contributed by atoms with Crippen LogP contribution >= 0.6 is 34.5 Å². The number of halogens is 2. The molecule has 9 heteroatoms. The number of aliphatic carboxylic acids is 1. The first kappa shape index (κ1) is 22.5. The van der Waals surface area contributed by atoms with Gasteiger partial charge >= 0.3 is 5.97 Å². The normalized spacial score (nSPS) is 18.0. The second kappa shape index (κ2) is 9.86. The third-order valence-electron chi connectivity index (χ3n) is 5.78. The smallest absolute Gasteiger partial charge is 0.304 e. The average molecular weight is 483 g/mol. The minimum atomic E-state index is -0.952. The summed E-state index contributed by atoms with van der Waals surface area (Å²) in [5.74, 6) is -1.36. The Morgan fingerprint density at radius 3 is 2.65 bits per heavy atom. The maximum Gasteiger partial charge on any atom is 0.304 e. The molecule has 1 aliphatic heterocycles. The van der Waals surface area contributed by atoms with E-state index >= 15 is 0 Å². The molecule has 2 aliphatic rings. The van der Waals surface area contributed by atoms with Gasteiger partial charge in [0.15, 0.2) is 5.13 Å². The molecule has 1 atom stereocenters. The minimum absolute atomic E-state index is 0.0762. The van der Waals surface area contributed by atoms with Crippen molar-refractivity contribution in [2.45, 2.75) is 44.6 Å². The fourth-order valence-electron chi connectivity index (χ4n) is 4.02. The molecule has 1 aromatic heterocycles. The highest BCUT2D eigenvalue weighted by Gasteiger charge is 2.40. The Morgan fingerprint density at radius 2 is 1.97 bits per heavy atom. The Bertz CT molecular complexity index is 957. The number of ether oxygens (including phenoxy) is 1. The van der Waals surface area contributed by atoms with Gasteiger partial charge in [0.25, 0.3) is 0 Å². The number of hydrogen-bond acceptors (Lipinski definition) is 5. The molecule has 2 fully saturated rings. The van der Waals surface area contributed by atoms with E-state index in [4.69, 9.17) is 27.9 Å². The van der Waals surface area contributed by atoms with Crippen LogP contribution < -0.4 is 4.90 Å². The Balaban J connectivity index is 1.58.